The first-order chi connectivity index (χ1) is 12.4. The predicted molar refractivity (Wildman–Crippen MR) is 102 cm³/mol. The number of carbonyl (C=O) groups excluding carboxylic acids is 2. The van der Waals surface area contributed by atoms with Gasteiger partial charge in [-0.05, 0) is 42.8 Å². The van der Waals surface area contributed by atoms with Gasteiger partial charge in [0, 0.05) is 23.6 Å². The van der Waals surface area contributed by atoms with Gasteiger partial charge in [0.25, 0.3) is 5.91 Å². The first kappa shape index (κ1) is 20.4. The van der Waals surface area contributed by atoms with Gasteiger partial charge in [-0.3, -0.25) is 9.59 Å². The standard InChI is InChI=1S/C18H16Cl3NO4/c1-25-13-6-4-11(5-7-13)18(24)22-8-2-3-16(23)26-17-14(20)9-12(19)10-15(17)21/h4-7,9-10H,2-3,8H2,1H3,(H,22,24). The predicted octanol–water partition coefficient (Wildman–Crippen LogP) is 4.77. The van der Waals surface area contributed by atoms with Crippen molar-refractivity contribution in [3.05, 3.63) is 57.0 Å². The topological polar surface area (TPSA) is 64.6 Å². The molecule has 138 valence electrons. The Labute approximate surface area is 166 Å². The number of esters is 1. The minimum Gasteiger partial charge on any atom is -0.497 e. The van der Waals surface area contributed by atoms with Crippen LogP contribution in [-0.4, -0.2) is 25.5 Å². The molecule has 0 aliphatic rings. The maximum atomic E-state index is 12.0. The van der Waals surface area contributed by atoms with Crippen molar-refractivity contribution < 1.29 is 19.1 Å². The highest BCUT2D eigenvalue weighted by Crippen LogP contribution is 2.36. The first-order valence-electron chi connectivity index (χ1n) is 7.68. The number of ether oxygens (including phenoxy) is 2. The van der Waals surface area contributed by atoms with Crippen LogP contribution in [0.15, 0.2) is 36.4 Å². The fourth-order valence-corrected chi connectivity index (χ4v) is 2.96. The lowest BCUT2D eigenvalue weighted by Crippen LogP contribution is -2.25. The molecule has 0 radical (unpaired) electrons. The zero-order valence-electron chi connectivity index (χ0n) is 13.9. The molecule has 0 bridgehead atoms. The molecule has 1 amide bonds. The summed E-state index contributed by atoms with van der Waals surface area (Å²) in [5.74, 6) is 0.00782. The van der Waals surface area contributed by atoms with Crippen molar-refractivity contribution in [2.45, 2.75) is 12.8 Å². The van der Waals surface area contributed by atoms with Crippen LogP contribution in [0.2, 0.25) is 15.1 Å². The molecule has 26 heavy (non-hydrogen) atoms. The smallest absolute Gasteiger partial charge is 0.311 e. The van der Waals surface area contributed by atoms with Crippen LogP contribution in [0.5, 0.6) is 11.5 Å². The molecule has 2 aromatic carbocycles. The average Bonchev–Trinajstić information content (AvgIpc) is 2.61. The Hall–Kier alpha value is -1.95. The van der Waals surface area contributed by atoms with Gasteiger partial charge in [0.2, 0.25) is 0 Å². The molecular weight excluding hydrogens is 401 g/mol. The van der Waals surface area contributed by atoms with E-state index < -0.39 is 5.97 Å². The minimum absolute atomic E-state index is 0.0741. The third-order valence-corrected chi connectivity index (χ3v) is 4.15. The Morgan fingerprint density at radius 2 is 1.65 bits per heavy atom. The Morgan fingerprint density at radius 3 is 2.23 bits per heavy atom. The van der Waals surface area contributed by atoms with Crippen molar-refractivity contribution in [3.63, 3.8) is 0 Å². The number of amides is 1. The molecule has 0 fully saturated rings. The second-order valence-corrected chi connectivity index (χ2v) is 6.51. The summed E-state index contributed by atoms with van der Waals surface area (Å²) in [5.41, 5.74) is 0.508. The molecule has 0 saturated heterocycles. The van der Waals surface area contributed by atoms with E-state index in [0.717, 1.165) is 0 Å². The molecule has 0 spiro atoms. The maximum absolute atomic E-state index is 12.0. The maximum Gasteiger partial charge on any atom is 0.311 e. The van der Waals surface area contributed by atoms with Crippen LogP contribution in [0.3, 0.4) is 0 Å². The van der Waals surface area contributed by atoms with E-state index in [9.17, 15) is 9.59 Å². The van der Waals surface area contributed by atoms with Crippen LogP contribution in [0.1, 0.15) is 23.2 Å². The summed E-state index contributed by atoms with van der Waals surface area (Å²) in [5, 5.41) is 3.39. The lowest BCUT2D eigenvalue weighted by atomic mass is 10.2. The fourth-order valence-electron chi connectivity index (χ4n) is 2.07. The molecule has 0 saturated carbocycles. The van der Waals surface area contributed by atoms with Crippen molar-refractivity contribution in [3.8, 4) is 11.5 Å². The fraction of sp³-hybridized carbons (Fsp3) is 0.222. The van der Waals surface area contributed by atoms with Crippen LogP contribution >= 0.6 is 34.8 Å². The zero-order chi connectivity index (χ0) is 19.1. The molecular formula is C18H16Cl3NO4. The van der Waals surface area contributed by atoms with Crippen LogP contribution in [0.4, 0.5) is 0 Å². The van der Waals surface area contributed by atoms with E-state index in [-0.39, 0.29) is 28.1 Å². The Bertz CT molecular complexity index is 771. The average molecular weight is 417 g/mol. The number of halogens is 3. The Morgan fingerprint density at radius 1 is 1.04 bits per heavy atom. The molecule has 1 N–H and O–H groups in total. The Balaban J connectivity index is 1.77. The quantitative estimate of drug-likeness (QED) is 0.401. The molecule has 0 aromatic heterocycles. The SMILES string of the molecule is COc1ccc(C(=O)NCCCC(=O)Oc2c(Cl)cc(Cl)cc2Cl)cc1. The van der Waals surface area contributed by atoms with Crippen molar-refractivity contribution in [2.24, 2.45) is 0 Å². The molecule has 2 aromatic rings. The van der Waals surface area contributed by atoms with Gasteiger partial charge in [0.1, 0.15) is 5.75 Å². The monoisotopic (exact) mass is 415 g/mol. The number of nitrogens with one attached hydrogen (secondary N) is 1. The normalized spacial score (nSPS) is 10.3. The van der Waals surface area contributed by atoms with E-state index >= 15 is 0 Å². The largest absolute Gasteiger partial charge is 0.497 e. The third kappa shape index (κ3) is 5.80. The summed E-state index contributed by atoms with van der Waals surface area (Å²) >= 11 is 17.7. The van der Waals surface area contributed by atoms with Gasteiger partial charge in [0.15, 0.2) is 5.75 Å². The van der Waals surface area contributed by atoms with Crippen LogP contribution < -0.4 is 14.8 Å². The zero-order valence-corrected chi connectivity index (χ0v) is 16.1. The molecule has 0 aliphatic heterocycles. The molecule has 0 unspecified atom stereocenters. The highest BCUT2D eigenvalue weighted by molar-refractivity contribution is 6.40. The van der Waals surface area contributed by atoms with Gasteiger partial charge < -0.3 is 14.8 Å². The van der Waals surface area contributed by atoms with Crippen molar-refractivity contribution in [2.75, 3.05) is 13.7 Å². The van der Waals surface area contributed by atoms with Gasteiger partial charge in [-0.2, -0.15) is 0 Å². The van der Waals surface area contributed by atoms with Gasteiger partial charge in [-0.25, -0.2) is 0 Å². The van der Waals surface area contributed by atoms with E-state index in [2.05, 4.69) is 5.32 Å². The van der Waals surface area contributed by atoms with Gasteiger partial charge in [-0.15, -0.1) is 0 Å². The molecule has 0 heterocycles. The second kappa shape index (κ2) is 9.67. The summed E-state index contributed by atoms with van der Waals surface area (Å²) in [6.45, 7) is 0.321. The molecule has 0 atom stereocenters. The lowest BCUT2D eigenvalue weighted by molar-refractivity contribution is -0.134. The van der Waals surface area contributed by atoms with Gasteiger partial charge >= 0.3 is 5.97 Å². The second-order valence-electron chi connectivity index (χ2n) is 5.26. The Kier molecular flexibility index (Phi) is 7.57. The summed E-state index contributed by atoms with van der Waals surface area (Å²) in [4.78, 5) is 23.9. The number of hydrogen-bond donors (Lipinski definition) is 1. The van der Waals surface area contributed by atoms with Crippen LogP contribution in [0, 0.1) is 0 Å². The summed E-state index contributed by atoms with van der Waals surface area (Å²) in [6.07, 6.45) is 0.502. The molecule has 0 aliphatic carbocycles. The van der Waals surface area contributed by atoms with E-state index in [0.29, 0.717) is 29.3 Å². The third-order valence-electron chi connectivity index (χ3n) is 3.37. The summed E-state index contributed by atoms with van der Waals surface area (Å²) in [6, 6.07) is 9.59. The van der Waals surface area contributed by atoms with Crippen molar-refractivity contribution >= 4 is 46.7 Å². The van der Waals surface area contributed by atoms with Gasteiger partial charge in [-0.1, -0.05) is 34.8 Å². The van der Waals surface area contributed by atoms with E-state index in [1.165, 1.54) is 12.1 Å². The number of methoxy groups -OCH3 is 1. The summed E-state index contributed by atoms with van der Waals surface area (Å²) < 4.78 is 10.2. The van der Waals surface area contributed by atoms with Crippen molar-refractivity contribution in [1.29, 1.82) is 0 Å². The minimum atomic E-state index is -0.505. The van der Waals surface area contributed by atoms with E-state index in [1.54, 1.807) is 31.4 Å². The van der Waals surface area contributed by atoms with Crippen molar-refractivity contribution in [1.82, 2.24) is 5.32 Å². The highest BCUT2D eigenvalue weighted by Gasteiger charge is 2.14. The van der Waals surface area contributed by atoms with E-state index in [4.69, 9.17) is 44.3 Å². The first-order valence-corrected chi connectivity index (χ1v) is 8.81. The molecule has 2 rings (SSSR count). The number of rotatable bonds is 7. The number of hydrogen-bond acceptors (Lipinski definition) is 4. The van der Waals surface area contributed by atoms with Crippen LogP contribution in [-0.2, 0) is 4.79 Å². The van der Waals surface area contributed by atoms with Gasteiger partial charge in [0.05, 0.1) is 17.2 Å². The molecule has 5 nitrogen and oxygen atoms in total. The summed E-state index contributed by atoms with van der Waals surface area (Å²) in [7, 11) is 1.55. The lowest BCUT2D eigenvalue weighted by Gasteiger charge is -2.09. The van der Waals surface area contributed by atoms with Crippen LogP contribution in [0.25, 0.3) is 0 Å². The van der Waals surface area contributed by atoms with E-state index in [1.807, 2.05) is 0 Å². The highest BCUT2D eigenvalue weighted by atomic mass is 35.5. The number of benzene rings is 2. The molecule has 8 heteroatoms. The number of carbonyl (C=O) groups is 2.